The quantitative estimate of drug-likeness (QED) is 0.814. The lowest BCUT2D eigenvalue weighted by molar-refractivity contribution is 0.0754. The summed E-state index contributed by atoms with van der Waals surface area (Å²) in [6.45, 7) is 4.90. The Labute approximate surface area is 111 Å². The molecule has 100 valence electrons. The van der Waals surface area contributed by atoms with Gasteiger partial charge in [-0.3, -0.25) is 9.78 Å². The van der Waals surface area contributed by atoms with E-state index in [0.717, 1.165) is 12.0 Å². The van der Waals surface area contributed by atoms with Gasteiger partial charge in [-0.15, -0.1) is 0 Å². The molecular formula is C13H16N4O2. The van der Waals surface area contributed by atoms with Crippen LogP contribution in [-0.4, -0.2) is 39.2 Å². The Morgan fingerprint density at radius 1 is 1.32 bits per heavy atom. The molecule has 0 aliphatic carbocycles. The normalized spacial score (nSPS) is 10.4. The minimum absolute atomic E-state index is 0.143. The van der Waals surface area contributed by atoms with Crippen molar-refractivity contribution >= 4 is 5.91 Å². The van der Waals surface area contributed by atoms with Gasteiger partial charge >= 0.3 is 0 Å². The van der Waals surface area contributed by atoms with Crippen LogP contribution in [0.1, 0.15) is 28.7 Å². The Bertz CT molecular complexity index is 539. The first kappa shape index (κ1) is 13.2. The van der Waals surface area contributed by atoms with Crippen LogP contribution >= 0.6 is 0 Å². The van der Waals surface area contributed by atoms with Gasteiger partial charge in [0.1, 0.15) is 5.69 Å². The average molecular weight is 260 g/mol. The number of aryl methyl sites for hydroxylation is 1. The van der Waals surface area contributed by atoms with Gasteiger partial charge in [-0.05, 0) is 43.1 Å². The summed E-state index contributed by atoms with van der Waals surface area (Å²) >= 11 is 0. The Hall–Kier alpha value is -2.24. The third kappa shape index (κ3) is 3.15. The monoisotopic (exact) mass is 260 g/mol. The van der Waals surface area contributed by atoms with E-state index in [2.05, 4.69) is 19.9 Å². The highest BCUT2D eigenvalue weighted by atomic mass is 16.6. The Morgan fingerprint density at radius 3 is 2.63 bits per heavy atom. The SMILES string of the molecule is CCN(CCc1ccncc1)C(=O)c1nonc1C. The second-order valence-corrected chi connectivity index (χ2v) is 4.19. The molecule has 6 heteroatoms. The first-order valence-corrected chi connectivity index (χ1v) is 6.19. The minimum Gasteiger partial charge on any atom is -0.337 e. The van der Waals surface area contributed by atoms with E-state index in [0.29, 0.717) is 18.8 Å². The fourth-order valence-corrected chi connectivity index (χ4v) is 1.79. The van der Waals surface area contributed by atoms with Crippen LogP contribution in [0.4, 0.5) is 0 Å². The fraction of sp³-hybridized carbons (Fsp3) is 0.385. The van der Waals surface area contributed by atoms with Crippen LogP contribution in [0, 0.1) is 6.92 Å². The predicted octanol–water partition coefficient (Wildman–Crippen LogP) is 1.48. The molecule has 19 heavy (non-hydrogen) atoms. The molecule has 2 aromatic heterocycles. The Morgan fingerprint density at radius 2 is 2.05 bits per heavy atom. The molecule has 2 aromatic rings. The van der Waals surface area contributed by atoms with Gasteiger partial charge in [-0.1, -0.05) is 5.16 Å². The van der Waals surface area contributed by atoms with Crippen molar-refractivity contribution in [2.75, 3.05) is 13.1 Å². The van der Waals surface area contributed by atoms with Crippen molar-refractivity contribution in [3.05, 3.63) is 41.5 Å². The molecule has 6 nitrogen and oxygen atoms in total. The number of hydrogen-bond donors (Lipinski definition) is 0. The zero-order valence-electron chi connectivity index (χ0n) is 11.0. The number of hydrogen-bond acceptors (Lipinski definition) is 5. The number of rotatable bonds is 5. The summed E-state index contributed by atoms with van der Waals surface area (Å²) < 4.78 is 4.57. The molecule has 1 amide bonds. The lowest BCUT2D eigenvalue weighted by atomic mass is 10.2. The Kier molecular flexibility index (Phi) is 4.22. The Balaban J connectivity index is 2.01. The smallest absolute Gasteiger partial charge is 0.278 e. The van der Waals surface area contributed by atoms with Crippen LogP contribution in [0.5, 0.6) is 0 Å². The van der Waals surface area contributed by atoms with Gasteiger partial charge < -0.3 is 4.90 Å². The summed E-state index contributed by atoms with van der Waals surface area (Å²) in [4.78, 5) is 17.9. The highest BCUT2D eigenvalue weighted by molar-refractivity contribution is 5.93. The molecule has 0 fully saturated rings. The molecule has 0 N–H and O–H groups in total. The number of aromatic nitrogens is 3. The highest BCUT2D eigenvalue weighted by Crippen LogP contribution is 2.07. The average Bonchev–Trinajstić information content (AvgIpc) is 2.86. The molecule has 0 aromatic carbocycles. The van der Waals surface area contributed by atoms with Gasteiger partial charge in [-0.2, -0.15) is 0 Å². The standard InChI is InChI=1S/C13H16N4O2/c1-3-17(9-6-11-4-7-14-8-5-11)13(18)12-10(2)15-19-16-12/h4-5,7-8H,3,6,9H2,1-2H3. The number of amides is 1. The van der Waals surface area contributed by atoms with Crippen LogP contribution < -0.4 is 0 Å². The molecule has 0 saturated heterocycles. The van der Waals surface area contributed by atoms with E-state index in [1.54, 1.807) is 24.2 Å². The fourth-order valence-electron chi connectivity index (χ4n) is 1.79. The zero-order chi connectivity index (χ0) is 13.7. The number of pyridine rings is 1. The molecular weight excluding hydrogens is 244 g/mol. The van der Waals surface area contributed by atoms with Crippen LogP contribution in [0.2, 0.25) is 0 Å². The molecule has 0 unspecified atom stereocenters. The first-order chi connectivity index (χ1) is 9.22. The molecule has 0 aliphatic heterocycles. The van der Waals surface area contributed by atoms with Crippen LogP contribution in [-0.2, 0) is 6.42 Å². The summed E-state index contributed by atoms with van der Waals surface area (Å²) in [6, 6.07) is 3.89. The molecule has 0 bridgehead atoms. The summed E-state index contributed by atoms with van der Waals surface area (Å²) in [5.41, 5.74) is 1.96. The molecule has 0 radical (unpaired) electrons. The lowest BCUT2D eigenvalue weighted by Crippen LogP contribution is -2.33. The van der Waals surface area contributed by atoms with Crippen molar-refractivity contribution in [3.8, 4) is 0 Å². The van der Waals surface area contributed by atoms with Crippen molar-refractivity contribution < 1.29 is 9.42 Å². The third-order valence-corrected chi connectivity index (χ3v) is 2.94. The maximum atomic E-state index is 12.2. The van der Waals surface area contributed by atoms with E-state index in [4.69, 9.17) is 0 Å². The van der Waals surface area contributed by atoms with E-state index in [1.165, 1.54) is 0 Å². The van der Waals surface area contributed by atoms with Crippen molar-refractivity contribution in [2.24, 2.45) is 0 Å². The predicted molar refractivity (Wildman–Crippen MR) is 68.6 cm³/mol. The highest BCUT2D eigenvalue weighted by Gasteiger charge is 2.20. The van der Waals surface area contributed by atoms with Crippen molar-refractivity contribution in [3.63, 3.8) is 0 Å². The van der Waals surface area contributed by atoms with Crippen molar-refractivity contribution in [1.82, 2.24) is 20.2 Å². The van der Waals surface area contributed by atoms with Gasteiger partial charge in [0.05, 0.1) is 0 Å². The number of carbonyl (C=O) groups is 1. The summed E-state index contributed by atoms with van der Waals surface area (Å²) in [5, 5.41) is 7.28. The third-order valence-electron chi connectivity index (χ3n) is 2.94. The number of likely N-dealkylation sites (N-methyl/N-ethyl adjacent to an activating group) is 1. The van der Waals surface area contributed by atoms with E-state index in [1.807, 2.05) is 19.1 Å². The van der Waals surface area contributed by atoms with Gasteiger partial charge in [-0.25, -0.2) is 4.63 Å². The van der Waals surface area contributed by atoms with Gasteiger partial charge in [0, 0.05) is 25.5 Å². The molecule has 0 atom stereocenters. The second kappa shape index (κ2) is 6.08. The van der Waals surface area contributed by atoms with Gasteiger partial charge in [0.2, 0.25) is 0 Å². The van der Waals surface area contributed by atoms with E-state index < -0.39 is 0 Å². The molecule has 0 spiro atoms. The molecule has 2 rings (SSSR count). The van der Waals surface area contributed by atoms with E-state index in [-0.39, 0.29) is 11.6 Å². The summed E-state index contributed by atoms with van der Waals surface area (Å²) in [6.07, 6.45) is 4.28. The van der Waals surface area contributed by atoms with Crippen LogP contribution in [0.3, 0.4) is 0 Å². The maximum Gasteiger partial charge on any atom is 0.278 e. The minimum atomic E-state index is -0.143. The summed E-state index contributed by atoms with van der Waals surface area (Å²) in [5.74, 6) is -0.143. The van der Waals surface area contributed by atoms with Crippen molar-refractivity contribution in [1.29, 1.82) is 0 Å². The maximum absolute atomic E-state index is 12.2. The second-order valence-electron chi connectivity index (χ2n) is 4.19. The van der Waals surface area contributed by atoms with E-state index >= 15 is 0 Å². The first-order valence-electron chi connectivity index (χ1n) is 6.19. The lowest BCUT2D eigenvalue weighted by Gasteiger charge is -2.19. The van der Waals surface area contributed by atoms with Crippen LogP contribution in [0.15, 0.2) is 29.2 Å². The van der Waals surface area contributed by atoms with Crippen molar-refractivity contribution in [2.45, 2.75) is 20.3 Å². The number of carbonyl (C=O) groups excluding carboxylic acids is 1. The zero-order valence-corrected chi connectivity index (χ0v) is 11.0. The van der Waals surface area contributed by atoms with Crippen LogP contribution in [0.25, 0.3) is 0 Å². The number of nitrogens with zero attached hydrogens (tertiary/aromatic N) is 4. The molecule has 0 aliphatic rings. The van der Waals surface area contributed by atoms with E-state index in [9.17, 15) is 4.79 Å². The van der Waals surface area contributed by atoms with Gasteiger partial charge in [0.15, 0.2) is 5.69 Å². The summed E-state index contributed by atoms with van der Waals surface area (Å²) in [7, 11) is 0. The topological polar surface area (TPSA) is 72.1 Å². The largest absolute Gasteiger partial charge is 0.337 e. The van der Waals surface area contributed by atoms with Gasteiger partial charge in [0.25, 0.3) is 5.91 Å². The molecule has 0 saturated carbocycles. The molecule has 2 heterocycles.